The third-order valence-corrected chi connectivity index (χ3v) is 9.00. The summed E-state index contributed by atoms with van der Waals surface area (Å²) in [6.07, 6.45) is 3.53. The van der Waals surface area contributed by atoms with E-state index in [9.17, 15) is 9.90 Å². The first-order chi connectivity index (χ1) is 22.4. The van der Waals surface area contributed by atoms with Crippen molar-refractivity contribution in [1.82, 2.24) is 14.8 Å². The van der Waals surface area contributed by atoms with E-state index >= 15 is 0 Å². The lowest BCUT2D eigenvalue weighted by Crippen LogP contribution is -2.46. The van der Waals surface area contributed by atoms with Crippen LogP contribution in [0.25, 0.3) is 32.5 Å². The Hall–Kier alpha value is -4.92. The van der Waals surface area contributed by atoms with Crippen molar-refractivity contribution >= 4 is 38.5 Å². The van der Waals surface area contributed by atoms with E-state index in [1.54, 1.807) is 26.2 Å². The molecule has 0 amide bonds. The van der Waals surface area contributed by atoms with E-state index in [0.29, 0.717) is 51.0 Å². The first kappa shape index (κ1) is 29.8. The molecule has 0 saturated carbocycles. The van der Waals surface area contributed by atoms with Crippen molar-refractivity contribution < 1.29 is 23.8 Å². The number of furan rings is 1. The van der Waals surface area contributed by atoms with Gasteiger partial charge in [0.25, 0.3) is 0 Å². The van der Waals surface area contributed by atoms with E-state index < -0.39 is 5.97 Å². The minimum atomic E-state index is -0.471. The summed E-state index contributed by atoms with van der Waals surface area (Å²) in [4.78, 5) is 22.4. The smallest absolute Gasteiger partial charge is 0.342 e. The molecule has 0 radical (unpaired) electrons. The normalized spacial score (nSPS) is 15.0. The van der Waals surface area contributed by atoms with Crippen LogP contribution in [0, 0.1) is 6.92 Å². The van der Waals surface area contributed by atoms with Gasteiger partial charge in [0, 0.05) is 60.3 Å². The van der Waals surface area contributed by atoms with Crippen LogP contribution in [0.5, 0.6) is 11.5 Å². The van der Waals surface area contributed by atoms with Crippen LogP contribution in [0.4, 0.5) is 0 Å². The molecule has 4 aromatic carbocycles. The third kappa shape index (κ3) is 5.44. The number of pyridine rings is 1. The van der Waals surface area contributed by atoms with E-state index in [4.69, 9.17) is 13.9 Å². The number of phenols is 1. The van der Waals surface area contributed by atoms with Crippen molar-refractivity contribution in [3.05, 3.63) is 113 Å². The maximum atomic E-state index is 13.5. The molecule has 46 heavy (non-hydrogen) atoms. The van der Waals surface area contributed by atoms with Gasteiger partial charge < -0.3 is 23.9 Å². The van der Waals surface area contributed by atoms with Crippen molar-refractivity contribution in [3.63, 3.8) is 0 Å². The van der Waals surface area contributed by atoms with Gasteiger partial charge in [-0.05, 0) is 79.2 Å². The summed E-state index contributed by atoms with van der Waals surface area (Å²) in [7, 11) is 2.11. The predicted octanol–water partition coefficient (Wildman–Crippen LogP) is 7.24. The standard InChI is InChI=1S/C38H37N3O5/c1-4-44-38(43)32-24(2)46-37-30-12-11-29(45-23-25-9-10-26-7-5-6-8-28(26)21-25)22-31(30)36(42)34(33(32)37)35(27-13-15-39-16-14-27)41-19-17-40(3)18-20-41/h5-16,21-22,35,42H,4,17-20,23H2,1-3H3. The fraction of sp³-hybridized carbons (Fsp3) is 0.263. The van der Waals surface area contributed by atoms with Crippen LogP contribution < -0.4 is 4.74 Å². The zero-order valence-corrected chi connectivity index (χ0v) is 26.3. The maximum absolute atomic E-state index is 13.5. The summed E-state index contributed by atoms with van der Waals surface area (Å²) in [5.41, 5.74) is 3.51. The van der Waals surface area contributed by atoms with Crippen molar-refractivity contribution in [2.24, 2.45) is 0 Å². The number of aromatic nitrogens is 1. The number of ether oxygens (including phenoxy) is 2. The Balaban J connectivity index is 1.40. The maximum Gasteiger partial charge on any atom is 0.342 e. The van der Waals surface area contributed by atoms with Gasteiger partial charge in [-0.3, -0.25) is 9.88 Å². The second-order valence-corrected chi connectivity index (χ2v) is 11.9. The number of fused-ring (bicyclic) bond motifs is 4. The van der Waals surface area contributed by atoms with E-state index in [1.165, 1.54) is 5.39 Å². The van der Waals surface area contributed by atoms with E-state index in [1.807, 2.05) is 42.5 Å². The molecular weight excluding hydrogens is 578 g/mol. The zero-order valence-electron chi connectivity index (χ0n) is 26.3. The number of hydrogen-bond donors (Lipinski definition) is 1. The quantitative estimate of drug-likeness (QED) is 0.179. The van der Waals surface area contributed by atoms with Crippen LogP contribution in [-0.2, 0) is 11.3 Å². The number of nitrogens with zero attached hydrogens (tertiary/aromatic N) is 3. The highest BCUT2D eigenvalue weighted by Gasteiger charge is 2.35. The van der Waals surface area contributed by atoms with E-state index in [2.05, 4.69) is 52.2 Å². The Kier molecular flexibility index (Phi) is 8.07. The molecule has 1 saturated heterocycles. The molecule has 7 rings (SSSR count). The van der Waals surface area contributed by atoms with Gasteiger partial charge in [0.1, 0.15) is 35.0 Å². The second-order valence-electron chi connectivity index (χ2n) is 11.9. The van der Waals surface area contributed by atoms with Gasteiger partial charge in [0.15, 0.2) is 0 Å². The van der Waals surface area contributed by atoms with Crippen LogP contribution in [0.3, 0.4) is 0 Å². The summed E-state index contributed by atoms with van der Waals surface area (Å²) in [5, 5.41) is 16.5. The molecule has 6 aromatic rings. The van der Waals surface area contributed by atoms with Gasteiger partial charge in [0.05, 0.1) is 12.6 Å². The van der Waals surface area contributed by atoms with Crippen molar-refractivity contribution in [1.29, 1.82) is 0 Å². The van der Waals surface area contributed by atoms with Gasteiger partial charge in [-0.2, -0.15) is 0 Å². The molecule has 3 heterocycles. The number of benzene rings is 4. The molecule has 0 bridgehead atoms. The molecule has 1 N–H and O–H groups in total. The average molecular weight is 616 g/mol. The van der Waals surface area contributed by atoms with E-state index in [0.717, 1.165) is 42.7 Å². The Bertz CT molecular complexity index is 2050. The van der Waals surface area contributed by atoms with Crippen LogP contribution in [0.1, 0.15) is 45.8 Å². The fourth-order valence-corrected chi connectivity index (χ4v) is 6.66. The molecule has 8 heteroatoms. The fourth-order valence-electron chi connectivity index (χ4n) is 6.66. The molecule has 0 aliphatic carbocycles. The summed E-state index contributed by atoms with van der Waals surface area (Å²) in [5.74, 6) is 0.687. The van der Waals surface area contributed by atoms with Gasteiger partial charge in [-0.1, -0.05) is 36.4 Å². The lowest BCUT2D eigenvalue weighted by molar-refractivity contribution is 0.0526. The molecule has 1 unspecified atom stereocenters. The summed E-state index contributed by atoms with van der Waals surface area (Å²) < 4.78 is 18.2. The first-order valence-electron chi connectivity index (χ1n) is 15.7. The summed E-state index contributed by atoms with van der Waals surface area (Å²) in [6.45, 7) is 7.47. The SMILES string of the molecule is CCOC(=O)c1c(C)oc2c1c(C(c1ccncc1)N1CCN(C)CC1)c(O)c1cc(OCc3ccc4ccccc4c3)ccc12. The molecule has 234 valence electrons. The molecule has 0 spiro atoms. The number of phenolic OH excluding ortho intramolecular Hbond substituents is 1. The molecule has 1 atom stereocenters. The third-order valence-electron chi connectivity index (χ3n) is 9.00. The van der Waals surface area contributed by atoms with Crippen LogP contribution >= 0.6 is 0 Å². The average Bonchev–Trinajstić information content (AvgIpc) is 3.43. The molecular formula is C38H37N3O5. The van der Waals surface area contributed by atoms with Crippen molar-refractivity contribution in [2.75, 3.05) is 39.8 Å². The Labute approximate surface area is 267 Å². The van der Waals surface area contributed by atoms with E-state index in [-0.39, 0.29) is 18.4 Å². The highest BCUT2D eigenvalue weighted by atomic mass is 16.5. The molecule has 1 aliphatic rings. The monoisotopic (exact) mass is 615 g/mol. The molecule has 8 nitrogen and oxygen atoms in total. The Morgan fingerprint density at radius 3 is 2.48 bits per heavy atom. The number of aryl methyl sites for hydroxylation is 1. The topological polar surface area (TPSA) is 88.3 Å². The number of piperazine rings is 1. The minimum Gasteiger partial charge on any atom is -0.507 e. The summed E-state index contributed by atoms with van der Waals surface area (Å²) >= 11 is 0. The summed E-state index contributed by atoms with van der Waals surface area (Å²) in [6, 6.07) is 23.8. The lowest BCUT2D eigenvalue weighted by Gasteiger charge is -2.39. The Morgan fingerprint density at radius 1 is 0.957 bits per heavy atom. The number of esters is 1. The highest BCUT2D eigenvalue weighted by Crippen LogP contribution is 2.48. The van der Waals surface area contributed by atoms with Gasteiger partial charge in [-0.15, -0.1) is 0 Å². The van der Waals surface area contributed by atoms with Gasteiger partial charge >= 0.3 is 5.97 Å². The number of hydrogen-bond acceptors (Lipinski definition) is 8. The number of carbonyl (C=O) groups is 1. The lowest BCUT2D eigenvalue weighted by atomic mass is 9.89. The number of carbonyl (C=O) groups excluding carboxylic acids is 1. The minimum absolute atomic E-state index is 0.0887. The van der Waals surface area contributed by atoms with Crippen LogP contribution in [-0.4, -0.2) is 65.7 Å². The molecule has 2 aromatic heterocycles. The van der Waals surface area contributed by atoms with Crippen LogP contribution in [0.2, 0.25) is 0 Å². The van der Waals surface area contributed by atoms with Gasteiger partial charge in [-0.25, -0.2) is 4.79 Å². The molecule has 1 aliphatic heterocycles. The number of likely N-dealkylation sites (N-methyl/N-ethyl adjacent to an activating group) is 1. The first-order valence-corrected chi connectivity index (χ1v) is 15.7. The predicted molar refractivity (Wildman–Crippen MR) is 180 cm³/mol. The van der Waals surface area contributed by atoms with Crippen molar-refractivity contribution in [2.45, 2.75) is 26.5 Å². The molecule has 1 fully saturated rings. The second kappa shape index (κ2) is 12.5. The van der Waals surface area contributed by atoms with Crippen molar-refractivity contribution in [3.8, 4) is 11.5 Å². The largest absolute Gasteiger partial charge is 0.507 e. The zero-order chi connectivity index (χ0) is 31.8. The highest BCUT2D eigenvalue weighted by molar-refractivity contribution is 6.17. The van der Waals surface area contributed by atoms with Crippen LogP contribution in [0.15, 0.2) is 89.6 Å². The van der Waals surface area contributed by atoms with Gasteiger partial charge in [0.2, 0.25) is 0 Å². The number of rotatable bonds is 8. The number of aromatic hydroxyl groups is 1. The Morgan fingerprint density at radius 2 is 1.72 bits per heavy atom.